The molecule has 1 atom stereocenters. The van der Waals surface area contributed by atoms with Crippen LogP contribution in [0, 0.1) is 0 Å². The number of benzene rings is 1. The van der Waals surface area contributed by atoms with Crippen molar-refractivity contribution in [2.45, 2.75) is 45.4 Å². The SMILES string of the molecule is CCCCCCCC[P+](=O)C(=O)c1c(OC)cccc1OC. The average molecular weight is 325 g/mol. The molecule has 0 aromatic heterocycles. The van der Waals surface area contributed by atoms with Crippen molar-refractivity contribution in [3.63, 3.8) is 0 Å². The fourth-order valence-corrected chi connectivity index (χ4v) is 3.51. The summed E-state index contributed by atoms with van der Waals surface area (Å²) in [5.74, 6) is 0.825. The maximum Gasteiger partial charge on any atom is 0.420 e. The molecular weight excluding hydrogens is 299 g/mol. The molecule has 1 aromatic rings. The number of hydrogen-bond acceptors (Lipinski definition) is 4. The molecule has 22 heavy (non-hydrogen) atoms. The topological polar surface area (TPSA) is 52.6 Å². The van der Waals surface area contributed by atoms with Crippen molar-refractivity contribution in [1.29, 1.82) is 0 Å². The van der Waals surface area contributed by atoms with Crippen molar-refractivity contribution in [2.75, 3.05) is 20.4 Å². The molecule has 1 unspecified atom stereocenters. The summed E-state index contributed by atoms with van der Waals surface area (Å²) < 4.78 is 22.7. The van der Waals surface area contributed by atoms with E-state index in [4.69, 9.17) is 9.47 Å². The predicted octanol–water partition coefficient (Wildman–Crippen LogP) is 5.03. The van der Waals surface area contributed by atoms with Crippen molar-refractivity contribution in [3.05, 3.63) is 23.8 Å². The average Bonchev–Trinajstić information content (AvgIpc) is 2.56. The maximum absolute atomic E-state index is 12.4. The molecule has 0 N–H and O–H groups in total. The van der Waals surface area contributed by atoms with Gasteiger partial charge in [0.25, 0.3) is 0 Å². The molecule has 0 saturated carbocycles. The molecule has 1 aromatic carbocycles. The van der Waals surface area contributed by atoms with Gasteiger partial charge in [0.2, 0.25) is 0 Å². The summed E-state index contributed by atoms with van der Waals surface area (Å²) in [7, 11) is 1.05. The van der Waals surface area contributed by atoms with Gasteiger partial charge < -0.3 is 9.47 Å². The normalized spacial score (nSPS) is 11.1. The van der Waals surface area contributed by atoms with E-state index in [2.05, 4.69) is 6.92 Å². The van der Waals surface area contributed by atoms with Crippen LogP contribution in [-0.4, -0.2) is 25.9 Å². The number of rotatable bonds is 11. The van der Waals surface area contributed by atoms with Crippen LogP contribution in [0.3, 0.4) is 0 Å². The maximum atomic E-state index is 12.4. The van der Waals surface area contributed by atoms with Gasteiger partial charge in [-0.25, -0.2) is 4.79 Å². The number of carbonyl (C=O) groups excluding carboxylic acids is 1. The Morgan fingerprint density at radius 2 is 1.55 bits per heavy atom. The van der Waals surface area contributed by atoms with E-state index < -0.39 is 7.80 Å². The van der Waals surface area contributed by atoms with E-state index in [-0.39, 0.29) is 5.52 Å². The molecule has 0 fully saturated rings. The van der Waals surface area contributed by atoms with Crippen LogP contribution in [-0.2, 0) is 4.57 Å². The first-order valence-corrected chi connectivity index (χ1v) is 9.30. The summed E-state index contributed by atoms with van der Waals surface area (Å²) in [4.78, 5) is 12.4. The summed E-state index contributed by atoms with van der Waals surface area (Å²) in [5.41, 5.74) is -0.0857. The van der Waals surface area contributed by atoms with Crippen LogP contribution < -0.4 is 9.47 Å². The third kappa shape index (κ3) is 5.42. The first kappa shape index (κ1) is 18.6. The van der Waals surface area contributed by atoms with Gasteiger partial charge in [-0.05, 0) is 25.0 Å². The molecule has 0 aliphatic carbocycles. The lowest BCUT2D eigenvalue weighted by Gasteiger charge is -2.07. The summed E-state index contributed by atoms with van der Waals surface area (Å²) >= 11 is 0. The van der Waals surface area contributed by atoms with Crippen LogP contribution >= 0.6 is 7.80 Å². The smallest absolute Gasteiger partial charge is 0.420 e. The van der Waals surface area contributed by atoms with Crippen LogP contribution in [0.15, 0.2) is 18.2 Å². The number of hydrogen-bond donors (Lipinski definition) is 0. The number of carbonyl (C=O) groups is 1. The molecule has 0 amide bonds. The van der Waals surface area contributed by atoms with Crippen molar-refractivity contribution in [1.82, 2.24) is 0 Å². The lowest BCUT2D eigenvalue weighted by Crippen LogP contribution is -2.03. The van der Waals surface area contributed by atoms with E-state index in [1.165, 1.54) is 33.5 Å². The first-order chi connectivity index (χ1) is 10.7. The highest BCUT2D eigenvalue weighted by Crippen LogP contribution is 2.37. The van der Waals surface area contributed by atoms with E-state index in [1.807, 2.05) is 0 Å². The van der Waals surface area contributed by atoms with E-state index in [0.717, 1.165) is 19.3 Å². The monoisotopic (exact) mass is 325 g/mol. The number of ether oxygens (including phenoxy) is 2. The van der Waals surface area contributed by atoms with Crippen molar-refractivity contribution >= 4 is 13.3 Å². The summed E-state index contributed by atoms with van der Waals surface area (Å²) in [6.07, 6.45) is 7.08. The van der Waals surface area contributed by atoms with Crippen LogP contribution in [0.4, 0.5) is 0 Å². The van der Waals surface area contributed by atoms with Crippen molar-refractivity contribution < 1.29 is 18.8 Å². The van der Waals surface area contributed by atoms with Crippen molar-refractivity contribution in [3.8, 4) is 11.5 Å². The Morgan fingerprint density at radius 3 is 2.09 bits per heavy atom. The van der Waals surface area contributed by atoms with Gasteiger partial charge in [0.1, 0.15) is 11.5 Å². The lowest BCUT2D eigenvalue weighted by molar-refractivity contribution is 0.107. The molecule has 4 nitrogen and oxygen atoms in total. The highest BCUT2D eigenvalue weighted by molar-refractivity contribution is 7.64. The minimum absolute atomic E-state index is 0.291. The number of methoxy groups -OCH3 is 2. The lowest BCUT2D eigenvalue weighted by atomic mass is 10.1. The van der Waals surface area contributed by atoms with E-state index in [9.17, 15) is 9.36 Å². The molecular formula is C17H26O4P+. The van der Waals surface area contributed by atoms with Gasteiger partial charge in [-0.15, -0.1) is 0 Å². The summed E-state index contributed by atoms with van der Waals surface area (Å²) in [5, 5.41) is 0. The Kier molecular flexibility index (Phi) is 8.76. The second kappa shape index (κ2) is 10.3. The fourth-order valence-electron chi connectivity index (χ4n) is 2.32. The summed E-state index contributed by atoms with van der Waals surface area (Å²) in [6, 6.07) is 5.11. The van der Waals surface area contributed by atoms with Gasteiger partial charge in [0.05, 0.1) is 14.2 Å². The van der Waals surface area contributed by atoms with Gasteiger partial charge in [-0.2, -0.15) is 0 Å². The third-order valence-electron chi connectivity index (χ3n) is 3.58. The predicted molar refractivity (Wildman–Crippen MR) is 89.7 cm³/mol. The molecule has 0 radical (unpaired) electrons. The largest absolute Gasteiger partial charge is 0.496 e. The minimum Gasteiger partial charge on any atom is -0.496 e. The van der Waals surface area contributed by atoms with Gasteiger partial charge >= 0.3 is 13.3 Å². The molecule has 122 valence electrons. The Labute approximate surface area is 134 Å². The van der Waals surface area contributed by atoms with Gasteiger partial charge in [0.15, 0.2) is 11.7 Å². The Bertz CT molecular complexity index is 477. The Hall–Kier alpha value is -1.41. The zero-order valence-electron chi connectivity index (χ0n) is 13.8. The molecule has 0 aliphatic heterocycles. The quantitative estimate of drug-likeness (QED) is 0.423. The summed E-state index contributed by atoms with van der Waals surface area (Å²) in [6.45, 7) is 2.18. The van der Waals surface area contributed by atoms with Crippen LogP contribution in [0.25, 0.3) is 0 Å². The van der Waals surface area contributed by atoms with Crippen LogP contribution in [0.5, 0.6) is 11.5 Å². The molecule has 0 heterocycles. The van der Waals surface area contributed by atoms with Crippen LogP contribution in [0.2, 0.25) is 0 Å². The number of unbranched alkanes of at least 4 members (excludes halogenated alkanes) is 5. The zero-order valence-corrected chi connectivity index (χ0v) is 14.7. The van der Waals surface area contributed by atoms with Crippen LogP contribution in [0.1, 0.15) is 55.8 Å². The highest BCUT2D eigenvalue weighted by atomic mass is 31.1. The van der Waals surface area contributed by atoms with Crippen molar-refractivity contribution in [2.24, 2.45) is 0 Å². The second-order valence-corrected chi connectivity index (χ2v) is 6.82. The van der Waals surface area contributed by atoms with E-state index in [1.54, 1.807) is 18.2 Å². The van der Waals surface area contributed by atoms with Gasteiger partial charge in [0, 0.05) is 0 Å². The third-order valence-corrected chi connectivity index (χ3v) is 4.98. The fraction of sp³-hybridized carbons (Fsp3) is 0.588. The highest BCUT2D eigenvalue weighted by Gasteiger charge is 2.34. The second-order valence-electron chi connectivity index (χ2n) is 5.21. The molecule has 0 spiro atoms. The van der Waals surface area contributed by atoms with E-state index in [0.29, 0.717) is 23.2 Å². The molecule has 0 aliphatic rings. The standard InChI is InChI=1S/C17H26O4P/c1-4-5-6-7-8-9-13-22(19)17(18)16-14(20-2)11-10-12-15(16)21-3/h10-12H,4-9,13H2,1-3H3/q+1. The zero-order chi connectivity index (χ0) is 16.4. The Morgan fingerprint density at radius 1 is 1.00 bits per heavy atom. The molecule has 1 rings (SSSR count). The van der Waals surface area contributed by atoms with E-state index >= 15 is 0 Å². The Balaban J connectivity index is 2.62. The molecule has 5 heteroatoms. The first-order valence-electron chi connectivity index (χ1n) is 7.85. The minimum atomic E-state index is -1.94. The van der Waals surface area contributed by atoms with Gasteiger partial charge in [-0.3, -0.25) is 0 Å². The van der Waals surface area contributed by atoms with Gasteiger partial charge in [-0.1, -0.05) is 43.2 Å². The molecule has 0 bridgehead atoms. The molecule has 0 saturated heterocycles.